The van der Waals surface area contributed by atoms with Crippen LogP contribution in [0.5, 0.6) is 11.5 Å². The van der Waals surface area contributed by atoms with E-state index in [1.54, 1.807) is 0 Å². The highest BCUT2D eigenvalue weighted by atomic mass is 16.5. The van der Waals surface area contributed by atoms with E-state index in [1.165, 1.54) is 101 Å². The summed E-state index contributed by atoms with van der Waals surface area (Å²) in [5, 5.41) is 0. The Bertz CT molecular complexity index is 1790. The highest BCUT2D eigenvalue weighted by Crippen LogP contribution is 2.35. The van der Waals surface area contributed by atoms with Crippen LogP contribution in [0.25, 0.3) is 11.1 Å². The van der Waals surface area contributed by atoms with Crippen molar-refractivity contribution in [3.05, 3.63) is 118 Å². The molecule has 0 radical (unpaired) electrons. The maximum atomic E-state index is 6.09. The fraction of sp³-hybridized carbons (Fsp3) is 0.500. The molecule has 0 aliphatic heterocycles. The maximum Gasteiger partial charge on any atom is 0.119 e. The lowest BCUT2D eigenvalue weighted by molar-refractivity contribution is 0.304. The number of benzene rings is 4. The van der Waals surface area contributed by atoms with E-state index >= 15 is 0 Å². The van der Waals surface area contributed by atoms with Crippen LogP contribution in [0.15, 0.2) is 84.9 Å². The Balaban J connectivity index is 1.54. The molecule has 4 rings (SSSR count). The topological polar surface area (TPSA) is 18.5 Å². The van der Waals surface area contributed by atoms with E-state index in [-0.39, 0.29) is 10.8 Å². The summed E-state index contributed by atoms with van der Waals surface area (Å²) in [4.78, 5) is 0. The minimum atomic E-state index is -0.0798. The normalized spacial score (nSPS) is 11.4. The smallest absolute Gasteiger partial charge is 0.119 e. The van der Waals surface area contributed by atoms with Crippen LogP contribution in [0.3, 0.4) is 0 Å². The highest BCUT2D eigenvalue weighted by Gasteiger charge is 2.20. The molecule has 0 aliphatic carbocycles. The van der Waals surface area contributed by atoms with Crippen molar-refractivity contribution in [1.29, 1.82) is 0 Å². The molecule has 310 valence electrons. The van der Waals surface area contributed by atoms with E-state index in [9.17, 15) is 0 Å². The van der Waals surface area contributed by atoms with Gasteiger partial charge in [-0.1, -0.05) is 193 Å². The minimum Gasteiger partial charge on any atom is -0.494 e. The average Bonchev–Trinajstić information content (AvgIpc) is 3.21. The standard InChI is InChI=1S/C56H74O2/c1-9-11-13-15-17-19-21-23-41-57-52-37-27-45(28-38-52)25-31-48-43-51(56(6,7)8)44-49(54(48)47-33-35-50(36-34-47)55(3,4)5)32-26-46-29-39-53(40-30-46)58-42-24-22-20-18-16-14-12-10-2/h27-30,33-40,43-44H,9-24,41-42H2,1-8H3. The van der Waals surface area contributed by atoms with Crippen molar-refractivity contribution in [1.82, 2.24) is 0 Å². The highest BCUT2D eigenvalue weighted by molar-refractivity contribution is 5.79. The zero-order valence-corrected chi connectivity index (χ0v) is 37.6. The van der Waals surface area contributed by atoms with Gasteiger partial charge in [0, 0.05) is 27.8 Å². The second kappa shape index (κ2) is 24.5. The number of rotatable bonds is 21. The Morgan fingerprint density at radius 2 is 0.759 bits per heavy atom. The Labute approximate surface area is 355 Å². The van der Waals surface area contributed by atoms with Gasteiger partial charge in [0.25, 0.3) is 0 Å². The lowest BCUT2D eigenvalue weighted by Crippen LogP contribution is -2.12. The molecule has 0 heterocycles. The monoisotopic (exact) mass is 779 g/mol. The maximum absolute atomic E-state index is 6.09. The largest absolute Gasteiger partial charge is 0.494 e. The van der Waals surface area contributed by atoms with Crippen LogP contribution in [0.2, 0.25) is 0 Å². The first-order chi connectivity index (χ1) is 28.0. The molecule has 0 aliphatic rings. The van der Waals surface area contributed by atoms with Crippen molar-refractivity contribution in [3.8, 4) is 46.3 Å². The summed E-state index contributed by atoms with van der Waals surface area (Å²) in [6, 6.07) is 30.0. The van der Waals surface area contributed by atoms with E-state index in [0.717, 1.165) is 70.9 Å². The van der Waals surface area contributed by atoms with Crippen LogP contribution in [0.1, 0.15) is 192 Å². The van der Waals surface area contributed by atoms with Gasteiger partial charge in [-0.25, -0.2) is 0 Å². The molecule has 58 heavy (non-hydrogen) atoms. The molecule has 0 saturated carbocycles. The predicted octanol–water partition coefficient (Wildman–Crippen LogP) is 15.8. The van der Waals surface area contributed by atoms with E-state index in [0.29, 0.717) is 0 Å². The molecule has 0 spiro atoms. The predicted molar refractivity (Wildman–Crippen MR) is 250 cm³/mol. The van der Waals surface area contributed by atoms with Crippen molar-refractivity contribution in [2.45, 2.75) is 169 Å². The molecule has 0 aromatic heterocycles. The zero-order valence-electron chi connectivity index (χ0n) is 37.6. The molecule has 0 saturated heterocycles. The van der Waals surface area contributed by atoms with Gasteiger partial charge < -0.3 is 9.47 Å². The van der Waals surface area contributed by atoms with E-state index < -0.39 is 0 Å². The molecule has 2 heteroatoms. The summed E-state index contributed by atoms with van der Waals surface area (Å²) >= 11 is 0. The van der Waals surface area contributed by atoms with E-state index in [2.05, 4.69) is 164 Å². The van der Waals surface area contributed by atoms with Crippen molar-refractivity contribution in [2.75, 3.05) is 13.2 Å². The van der Waals surface area contributed by atoms with Gasteiger partial charge in [0.05, 0.1) is 13.2 Å². The van der Waals surface area contributed by atoms with Gasteiger partial charge in [0.15, 0.2) is 0 Å². The van der Waals surface area contributed by atoms with E-state index in [1.807, 2.05) is 0 Å². The third-order valence-electron chi connectivity index (χ3n) is 11.0. The lowest BCUT2D eigenvalue weighted by Gasteiger charge is -2.22. The number of hydrogen-bond acceptors (Lipinski definition) is 2. The molecule has 4 aromatic carbocycles. The second-order valence-corrected chi connectivity index (χ2v) is 18.2. The van der Waals surface area contributed by atoms with Gasteiger partial charge in [0.2, 0.25) is 0 Å². The van der Waals surface area contributed by atoms with Gasteiger partial charge in [-0.3, -0.25) is 0 Å². The molecule has 0 bridgehead atoms. The first-order valence-corrected chi connectivity index (χ1v) is 22.8. The van der Waals surface area contributed by atoms with Gasteiger partial charge in [-0.2, -0.15) is 0 Å². The molecule has 2 nitrogen and oxygen atoms in total. The Hall–Kier alpha value is -4.40. The van der Waals surface area contributed by atoms with Crippen molar-refractivity contribution in [2.24, 2.45) is 0 Å². The van der Waals surface area contributed by atoms with Gasteiger partial charge in [0.1, 0.15) is 11.5 Å². The van der Waals surface area contributed by atoms with Crippen LogP contribution < -0.4 is 9.47 Å². The van der Waals surface area contributed by atoms with Crippen molar-refractivity contribution in [3.63, 3.8) is 0 Å². The zero-order chi connectivity index (χ0) is 41.6. The quantitative estimate of drug-likeness (QED) is 0.0619. The molecule has 4 aromatic rings. The van der Waals surface area contributed by atoms with Crippen LogP contribution in [0.4, 0.5) is 0 Å². The lowest BCUT2D eigenvalue weighted by atomic mass is 9.81. The van der Waals surface area contributed by atoms with E-state index in [4.69, 9.17) is 9.47 Å². The van der Waals surface area contributed by atoms with Gasteiger partial charge in [-0.05, 0) is 101 Å². The summed E-state index contributed by atoms with van der Waals surface area (Å²) in [5.41, 5.74) is 8.60. The van der Waals surface area contributed by atoms with Crippen LogP contribution >= 0.6 is 0 Å². The molecule has 0 fully saturated rings. The van der Waals surface area contributed by atoms with Gasteiger partial charge in [-0.15, -0.1) is 0 Å². The summed E-state index contributed by atoms with van der Waals surface area (Å²) in [7, 11) is 0. The Morgan fingerprint density at radius 3 is 1.12 bits per heavy atom. The number of ether oxygens (including phenoxy) is 2. The first kappa shape index (κ1) is 46.3. The summed E-state index contributed by atoms with van der Waals surface area (Å²) in [6.07, 6.45) is 20.8. The summed E-state index contributed by atoms with van der Waals surface area (Å²) in [6.45, 7) is 19.6. The van der Waals surface area contributed by atoms with Crippen LogP contribution in [-0.2, 0) is 10.8 Å². The SMILES string of the molecule is CCCCCCCCCCOc1ccc(C#Cc2cc(C(C)(C)C)cc(C#Cc3ccc(OCCCCCCCCCC)cc3)c2-c2ccc(C(C)(C)C)cc2)cc1. The third kappa shape index (κ3) is 16.5. The van der Waals surface area contributed by atoms with Gasteiger partial charge >= 0.3 is 0 Å². The number of hydrogen-bond donors (Lipinski definition) is 0. The fourth-order valence-corrected chi connectivity index (χ4v) is 7.12. The average molecular weight is 779 g/mol. The van der Waals surface area contributed by atoms with Crippen LogP contribution in [0, 0.1) is 23.7 Å². The van der Waals surface area contributed by atoms with Crippen molar-refractivity contribution >= 4 is 0 Å². The summed E-state index contributed by atoms with van der Waals surface area (Å²) in [5.74, 6) is 16.0. The Kier molecular flexibility index (Phi) is 19.6. The molecular weight excluding hydrogens is 705 g/mol. The molecule has 0 N–H and O–H groups in total. The molecule has 0 atom stereocenters. The first-order valence-electron chi connectivity index (χ1n) is 22.8. The third-order valence-corrected chi connectivity index (χ3v) is 11.0. The molecular formula is C56H74O2. The summed E-state index contributed by atoms with van der Waals surface area (Å²) < 4.78 is 12.2. The molecule has 0 unspecified atom stereocenters. The minimum absolute atomic E-state index is 0.0629. The molecule has 0 amide bonds. The second-order valence-electron chi connectivity index (χ2n) is 18.2. The number of unbranched alkanes of at least 4 members (excludes halogenated alkanes) is 14. The fourth-order valence-electron chi connectivity index (χ4n) is 7.12. The van der Waals surface area contributed by atoms with Crippen LogP contribution in [-0.4, -0.2) is 13.2 Å². The van der Waals surface area contributed by atoms with Crippen molar-refractivity contribution < 1.29 is 9.47 Å². The Morgan fingerprint density at radius 1 is 0.397 bits per heavy atom.